The Morgan fingerprint density at radius 1 is 1.07 bits per heavy atom. The van der Waals surface area contributed by atoms with Crippen LogP contribution in [0.15, 0.2) is 48.5 Å². The van der Waals surface area contributed by atoms with Gasteiger partial charge in [-0.25, -0.2) is 4.39 Å². The molecule has 2 aliphatic rings. The van der Waals surface area contributed by atoms with Crippen molar-refractivity contribution in [3.63, 3.8) is 0 Å². The predicted molar refractivity (Wildman–Crippen MR) is 142 cm³/mol. The van der Waals surface area contributed by atoms with E-state index in [1.165, 1.54) is 0 Å². The molecule has 40 heavy (non-hydrogen) atoms. The Labute approximate surface area is 231 Å². The number of carbonyl (C=O) groups is 3. The quantitative estimate of drug-likeness (QED) is 0.491. The first-order valence-electron chi connectivity index (χ1n) is 13.6. The van der Waals surface area contributed by atoms with Gasteiger partial charge in [-0.3, -0.25) is 14.4 Å². The number of amides is 3. The SMILES string of the molecule is CC(C)C[C@@H](NC(=O)c1cc(C(F)(F)F)ccc1F)C(=O)N1CCC2(CC1)CC(=O)N(C)CC2c1ccccc1. The van der Waals surface area contributed by atoms with Crippen molar-refractivity contribution in [2.45, 2.75) is 57.7 Å². The number of nitrogens with zero attached hydrogens (tertiary/aromatic N) is 2. The van der Waals surface area contributed by atoms with Crippen LogP contribution in [0.5, 0.6) is 0 Å². The molecule has 3 amide bonds. The molecule has 0 saturated carbocycles. The van der Waals surface area contributed by atoms with Gasteiger partial charge in [-0.15, -0.1) is 0 Å². The Balaban J connectivity index is 1.51. The molecule has 2 heterocycles. The van der Waals surface area contributed by atoms with Gasteiger partial charge in [0.2, 0.25) is 11.8 Å². The van der Waals surface area contributed by atoms with E-state index < -0.39 is 35.1 Å². The van der Waals surface area contributed by atoms with E-state index >= 15 is 0 Å². The van der Waals surface area contributed by atoms with Gasteiger partial charge in [0.05, 0.1) is 11.1 Å². The van der Waals surface area contributed by atoms with Gasteiger partial charge in [0.15, 0.2) is 0 Å². The number of hydrogen-bond acceptors (Lipinski definition) is 3. The van der Waals surface area contributed by atoms with Crippen molar-refractivity contribution in [1.82, 2.24) is 15.1 Å². The third-order valence-electron chi connectivity index (χ3n) is 8.25. The summed E-state index contributed by atoms with van der Waals surface area (Å²) in [5, 5.41) is 2.50. The van der Waals surface area contributed by atoms with E-state index in [0.717, 1.165) is 5.56 Å². The summed E-state index contributed by atoms with van der Waals surface area (Å²) >= 11 is 0. The van der Waals surface area contributed by atoms with Crippen molar-refractivity contribution >= 4 is 17.7 Å². The fraction of sp³-hybridized carbons (Fsp3) is 0.500. The van der Waals surface area contributed by atoms with Gasteiger partial charge < -0.3 is 15.1 Å². The largest absolute Gasteiger partial charge is 0.416 e. The van der Waals surface area contributed by atoms with E-state index in [-0.39, 0.29) is 35.5 Å². The van der Waals surface area contributed by atoms with Gasteiger partial charge in [0.25, 0.3) is 5.91 Å². The van der Waals surface area contributed by atoms with E-state index in [0.29, 0.717) is 57.1 Å². The van der Waals surface area contributed by atoms with Crippen LogP contribution in [0.3, 0.4) is 0 Å². The van der Waals surface area contributed by atoms with Crippen molar-refractivity contribution < 1.29 is 31.9 Å². The Hall–Kier alpha value is -3.43. The Morgan fingerprint density at radius 3 is 2.33 bits per heavy atom. The zero-order valence-electron chi connectivity index (χ0n) is 22.9. The first kappa shape index (κ1) is 29.6. The first-order chi connectivity index (χ1) is 18.8. The first-order valence-corrected chi connectivity index (χ1v) is 13.6. The molecule has 2 aliphatic heterocycles. The molecule has 6 nitrogen and oxygen atoms in total. The van der Waals surface area contributed by atoms with Crippen LogP contribution in [0, 0.1) is 17.2 Å². The third-order valence-corrected chi connectivity index (χ3v) is 8.25. The topological polar surface area (TPSA) is 69.7 Å². The summed E-state index contributed by atoms with van der Waals surface area (Å²) < 4.78 is 53.8. The lowest BCUT2D eigenvalue weighted by atomic mass is 9.62. The molecule has 2 fully saturated rings. The summed E-state index contributed by atoms with van der Waals surface area (Å²) in [6.45, 7) is 5.06. The van der Waals surface area contributed by atoms with Crippen LogP contribution in [0.2, 0.25) is 0 Å². The van der Waals surface area contributed by atoms with Crippen molar-refractivity contribution in [1.29, 1.82) is 0 Å². The Kier molecular flexibility index (Phi) is 8.56. The number of alkyl halides is 3. The molecule has 0 radical (unpaired) electrons. The Morgan fingerprint density at radius 2 is 1.73 bits per heavy atom. The molecular formula is C30H35F4N3O3. The normalized spacial score (nSPS) is 20.1. The molecular weight excluding hydrogens is 526 g/mol. The lowest BCUT2D eigenvalue weighted by Gasteiger charge is -2.51. The number of carbonyl (C=O) groups excluding carboxylic acids is 3. The van der Waals surface area contributed by atoms with E-state index in [4.69, 9.17) is 0 Å². The smallest absolute Gasteiger partial charge is 0.345 e. The fourth-order valence-electron chi connectivity index (χ4n) is 6.00. The van der Waals surface area contributed by atoms with Gasteiger partial charge in [0.1, 0.15) is 11.9 Å². The van der Waals surface area contributed by atoms with E-state index in [1.54, 1.807) is 16.8 Å². The lowest BCUT2D eigenvalue weighted by molar-refractivity contribution is -0.143. The van der Waals surface area contributed by atoms with Crippen LogP contribution in [-0.2, 0) is 15.8 Å². The van der Waals surface area contributed by atoms with Crippen molar-refractivity contribution in [2.75, 3.05) is 26.7 Å². The van der Waals surface area contributed by atoms with Crippen molar-refractivity contribution in [2.24, 2.45) is 11.3 Å². The van der Waals surface area contributed by atoms with Crippen LogP contribution in [0.1, 0.15) is 66.9 Å². The number of likely N-dealkylation sites (N-methyl/N-ethyl adjacent to an activating group) is 1. The molecule has 1 N–H and O–H groups in total. The second-order valence-corrected chi connectivity index (χ2v) is 11.4. The maximum absolute atomic E-state index is 14.4. The maximum atomic E-state index is 14.4. The van der Waals surface area contributed by atoms with Gasteiger partial charge in [-0.1, -0.05) is 44.2 Å². The number of nitrogens with one attached hydrogen (secondary N) is 1. The number of rotatable bonds is 6. The molecule has 2 atom stereocenters. The van der Waals surface area contributed by atoms with Gasteiger partial charge in [-0.2, -0.15) is 13.2 Å². The van der Waals surface area contributed by atoms with Crippen LogP contribution in [-0.4, -0.2) is 60.2 Å². The molecule has 0 aromatic heterocycles. The third kappa shape index (κ3) is 6.31. The summed E-state index contributed by atoms with van der Waals surface area (Å²) in [5.74, 6) is -2.37. The zero-order valence-corrected chi connectivity index (χ0v) is 22.9. The number of hydrogen-bond donors (Lipinski definition) is 1. The minimum atomic E-state index is -4.74. The van der Waals surface area contributed by atoms with E-state index in [9.17, 15) is 31.9 Å². The zero-order chi connectivity index (χ0) is 29.2. The van der Waals surface area contributed by atoms with E-state index in [1.807, 2.05) is 32.0 Å². The number of piperidine rings is 2. The van der Waals surface area contributed by atoms with Gasteiger partial charge in [0, 0.05) is 39.0 Å². The Bertz CT molecular complexity index is 1240. The van der Waals surface area contributed by atoms with Gasteiger partial charge in [-0.05, 0) is 54.4 Å². The molecule has 2 saturated heterocycles. The van der Waals surface area contributed by atoms with Crippen LogP contribution in [0.25, 0.3) is 0 Å². The number of likely N-dealkylation sites (tertiary alicyclic amines) is 2. The molecule has 0 bridgehead atoms. The van der Waals surface area contributed by atoms with Crippen LogP contribution < -0.4 is 5.32 Å². The summed E-state index contributed by atoms with van der Waals surface area (Å²) in [4.78, 5) is 42.7. The fourth-order valence-corrected chi connectivity index (χ4v) is 6.00. The summed E-state index contributed by atoms with van der Waals surface area (Å²) in [5.41, 5.74) is -1.06. The minimum Gasteiger partial charge on any atom is -0.345 e. The molecule has 4 rings (SSSR count). The van der Waals surface area contributed by atoms with Gasteiger partial charge >= 0.3 is 6.18 Å². The molecule has 10 heteroatoms. The standard InChI is InChI=1S/C30H35F4N3O3/c1-19(2)15-25(35-27(39)22-16-21(30(32,33)34)9-10-24(22)31)28(40)37-13-11-29(12-14-37)17-26(38)36(3)18-23(29)20-7-5-4-6-8-20/h4-10,16,19,23,25H,11-15,17-18H2,1-3H3,(H,35,39)/t23?,25-/m1/s1. The summed E-state index contributed by atoms with van der Waals surface area (Å²) in [7, 11) is 1.80. The summed E-state index contributed by atoms with van der Waals surface area (Å²) in [6.07, 6.45) is -2.92. The predicted octanol–water partition coefficient (Wildman–Crippen LogP) is 5.24. The second kappa shape index (κ2) is 11.6. The highest BCUT2D eigenvalue weighted by Gasteiger charge is 2.48. The lowest BCUT2D eigenvalue weighted by Crippen LogP contribution is -2.56. The number of benzene rings is 2. The highest BCUT2D eigenvalue weighted by Crippen LogP contribution is 2.50. The second-order valence-electron chi connectivity index (χ2n) is 11.4. The molecule has 1 spiro atoms. The molecule has 216 valence electrons. The molecule has 2 aromatic rings. The average Bonchev–Trinajstić information content (AvgIpc) is 2.90. The minimum absolute atomic E-state index is 0.0225. The van der Waals surface area contributed by atoms with Crippen LogP contribution in [0.4, 0.5) is 17.6 Å². The van der Waals surface area contributed by atoms with Crippen molar-refractivity contribution in [3.05, 3.63) is 71.0 Å². The average molecular weight is 562 g/mol. The monoisotopic (exact) mass is 561 g/mol. The highest BCUT2D eigenvalue weighted by molar-refractivity contribution is 5.98. The number of halogens is 4. The molecule has 2 aromatic carbocycles. The molecule has 1 unspecified atom stereocenters. The van der Waals surface area contributed by atoms with E-state index in [2.05, 4.69) is 17.4 Å². The maximum Gasteiger partial charge on any atom is 0.416 e. The highest BCUT2D eigenvalue weighted by atomic mass is 19.4. The van der Waals surface area contributed by atoms with Crippen molar-refractivity contribution in [3.8, 4) is 0 Å². The van der Waals surface area contributed by atoms with Crippen LogP contribution >= 0.6 is 0 Å². The summed E-state index contributed by atoms with van der Waals surface area (Å²) in [6, 6.07) is 10.6. The molecule has 0 aliphatic carbocycles.